The van der Waals surface area contributed by atoms with Crippen LogP contribution in [0.1, 0.15) is 12.6 Å². The van der Waals surface area contributed by atoms with Gasteiger partial charge in [0.2, 0.25) is 5.13 Å². The van der Waals surface area contributed by atoms with Crippen LogP contribution in [-0.2, 0) is 0 Å². The van der Waals surface area contributed by atoms with Gasteiger partial charge in [-0.15, -0.1) is 10.2 Å². The highest BCUT2D eigenvalue weighted by Gasteiger charge is 2.13. The Bertz CT molecular complexity index is 784. The number of fused-ring (bicyclic) bond motifs is 1. The molecule has 0 aliphatic heterocycles. The Morgan fingerprint density at radius 2 is 2.14 bits per heavy atom. The van der Waals surface area contributed by atoms with Gasteiger partial charge in [-0.25, -0.2) is 4.98 Å². The highest BCUT2D eigenvalue weighted by atomic mass is 32.1. The van der Waals surface area contributed by atoms with Gasteiger partial charge in [0.15, 0.2) is 0 Å². The van der Waals surface area contributed by atoms with Crippen LogP contribution in [0.25, 0.3) is 21.5 Å². The van der Waals surface area contributed by atoms with Gasteiger partial charge in [0, 0.05) is 23.2 Å². The number of aryl methyl sites for hydroxylation is 1. The van der Waals surface area contributed by atoms with Crippen molar-refractivity contribution in [3.8, 4) is 16.3 Å². The topological polar surface area (TPSA) is 59.9 Å². The van der Waals surface area contributed by atoms with Crippen molar-refractivity contribution in [1.82, 2.24) is 15.2 Å². The summed E-state index contributed by atoms with van der Waals surface area (Å²) < 4.78 is 5.41. The van der Waals surface area contributed by atoms with Gasteiger partial charge in [-0.2, -0.15) is 0 Å². The van der Waals surface area contributed by atoms with Crippen molar-refractivity contribution in [2.45, 2.75) is 13.8 Å². The summed E-state index contributed by atoms with van der Waals surface area (Å²) in [6.45, 7) is 4.85. The van der Waals surface area contributed by atoms with Crippen molar-refractivity contribution in [3.63, 3.8) is 0 Å². The molecule has 2 aromatic heterocycles. The normalized spacial score (nSPS) is 10.8. The predicted molar refractivity (Wildman–Crippen MR) is 86.1 cm³/mol. The van der Waals surface area contributed by atoms with Gasteiger partial charge in [-0.3, -0.25) is 0 Å². The zero-order valence-electron chi connectivity index (χ0n) is 12.2. The number of anilines is 1. The zero-order valence-corrected chi connectivity index (χ0v) is 13.0. The van der Waals surface area contributed by atoms with E-state index < -0.39 is 0 Å². The lowest BCUT2D eigenvalue weighted by molar-refractivity contribution is 0.419. The number of nitrogens with one attached hydrogen (secondary N) is 1. The van der Waals surface area contributed by atoms with Crippen LogP contribution in [0.5, 0.6) is 5.75 Å². The fourth-order valence-corrected chi connectivity index (χ4v) is 3.09. The van der Waals surface area contributed by atoms with Crippen LogP contribution in [-0.4, -0.2) is 28.8 Å². The first-order chi connectivity index (χ1) is 10.2. The smallest absolute Gasteiger partial charge is 0.205 e. The minimum atomic E-state index is 0.772. The molecule has 108 valence electrons. The lowest BCUT2D eigenvalue weighted by Crippen LogP contribution is -1.94. The Kier molecular flexibility index (Phi) is 3.70. The lowest BCUT2D eigenvalue weighted by Gasteiger charge is -2.08. The minimum Gasteiger partial charge on any atom is -0.494 e. The molecule has 0 radical (unpaired) electrons. The summed E-state index contributed by atoms with van der Waals surface area (Å²) in [6.07, 6.45) is 0. The second kappa shape index (κ2) is 5.65. The monoisotopic (exact) mass is 300 g/mol. The molecule has 3 rings (SSSR count). The zero-order chi connectivity index (χ0) is 14.8. The van der Waals surface area contributed by atoms with Crippen LogP contribution in [0.15, 0.2) is 24.3 Å². The Hall–Kier alpha value is -2.21. The Morgan fingerprint density at radius 1 is 1.29 bits per heavy atom. The average molecular weight is 300 g/mol. The van der Waals surface area contributed by atoms with E-state index in [4.69, 9.17) is 4.74 Å². The van der Waals surface area contributed by atoms with Crippen molar-refractivity contribution in [2.75, 3.05) is 19.0 Å². The lowest BCUT2D eigenvalue weighted by atomic mass is 10.1. The summed E-state index contributed by atoms with van der Waals surface area (Å²) in [5.74, 6) is 0.772. The van der Waals surface area contributed by atoms with Crippen LogP contribution in [0.2, 0.25) is 0 Å². The van der Waals surface area contributed by atoms with Gasteiger partial charge in [0.05, 0.1) is 7.11 Å². The Balaban J connectivity index is 2.21. The summed E-state index contributed by atoms with van der Waals surface area (Å²) in [6, 6.07) is 7.96. The molecule has 0 fully saturated rings. The summed E-state index contributed by atoms with van der Waals surface area (Å²) >= 11 is 1.55. The molecule has 1 aromatic carbocycles. The summed E-state index contributed by atoms with van der Waals surface area (Å²) in [5, 5.41) is 14.4. The maximum absolute atomic E-state index is 5.41. The van der Waals surface area contributed by atoms with Crippen molar-refractivity contribution in [2.24, 2.45) is 0 Å². The molecule has 0 aliphatic carbocycles. The van der Waals surface area contributed by atoms with E-state index in [-0.39, 0.29) is 0 Å². The quantitative estimate of drug-likeness (QED) is 0.799. The molecule has 0 saturated heterocycles. The molecule has 6 heteroatoms. The first-order valence-corrected chi connectivity index (χ1v) is 7.56. The van der Waals surface area contributed by atoms with Gasteiger partial charge in [0.1, 0.15) is 16.3 Å². The van der Waals surface area contributed by atoms with Gasteiger partial charge in [-0.05, 0) is 26.0 Å². The van der Waals surface area contributed by atoms with Crippen LogP contribution in [0.4, 0.5) is 5.13 Å². The van der Waals surface area contributed by atoms with Gasteiger partial charge in [0.25, 0.3) is 0 Å². The predicted octanol–water partition coefficient (Wildman–Crippen LogP) is 3.50. The summed E-state index contributed by atoms with van der Waals surface area (Å²) in [4.78, 5) is 4.59. The number of ether oxygens (including phenoxy) is 1. The number of rotatable bonds is 4. The van der Waals surface area contributed by atoms with Crippen LogP contribution in [0.3, 0.4) is 0 Å². The fraction of sp³-hybridized carbons (Fsp3) is 0.267. The summed E-state index contributed by atoms with van der Waals surface area (Å²) in [7, 11) is 1.66. The molecule has 0 unspecified atom stereocenters. The number of hydrogen-bond acceptors (Lipinski definition) is 6. The minimum absolute atomic E-state index is 0.772. The number of pyridine rings is 1. The highest BCUT2D eigenvalue weighted by molar-refractivity contribution is 7.18. The first kappa shape index (κ1) is 13.8. The van der Waals surface area contributed by atoms with Crippen LogP contribution < -0.4 is 10.1 Å². The maximum Gasteiger partial charge on any atom is 0.205 e. The molecule has 0 spiro atoms. The SMILES string of the molecule is CCNc1nnc(-c2cc(C)nc3c(OC)cccc23)s1. The van der Waals surface area contributed by atoms with Crippen molar-refractivity contribution >= 4 is 27.4 Å². The number of nitrogens with zero attached hydrogens (tertiary/aromatic N) is 3. The van der Waals surface area contributed by atoms with Crippen molar-refractivity contribution < 1.29 is 4.74 Å². The standard InChI is InChI=1S/C15H16N4OS/c1-4-16-15-19-18-14(21-15)11-8-9(2)17-13-10(11)6-5-7-12(13)20-3/h5-8H,4H2,1-3H3,(H,16,19). The van der Waals surface area contributed by atoms with E-state index in [9.17, 15) is 0 Å². The fourth-order valence-electron chi connectivity index (χ4n) is 2.25. The molecular weight excluding hydrogens is 284 g/mol. The second-order valence-corrected chi connectivity index (χ2v) is 5.59. The second-order valence-electron chi connectivity index (χ2n) is 4.61. The van der Waals surface area contributed by atoms with E-state index in [0.29, 0.717) is 0 Å². The third-order valence-corrected chi connectivity index (χ3v) is 4.05. The van der Waals surface area contributed by atoms with Crippen LogP contribution in [0, 0.1) is 6.92 Å². The molecule has 5 nitrogen and oxygen atoms in total. The summed E-state index contributed by atoms with van der Waals surface area (Å²) in [5.41, 5.74) is 2.83. The number of aromatic nitrogens is 3. The molecule has 3 aromatic rings. The first-order valence-electron chi connectivity index (χ1n) is 6.75. The van der Waals surface area contributed by atoms with Crippen molar-refractivity contribution in [3.05, 3.63) is 30.0 Å². The third kappa shape index (κ3) is 2.54. The third-order valence-electron chi connectivity index (χ3n) is 3.13. The molecule has 0 aliphatic rings. The van der Waals surface area contributed by atoms with Gasteiger partial charge in [-0.1, -0.05) is 23.5 Å². The number of methoxy groups -OCH3 is 1. The Labute approximate surface area is 127 Å². The van der Waals surface area contributed by atoms with E-state index in [1.807, 2.05) is 38.1 Å². The van der Waals surface area contributed by atoms with E-state index in [1.54, 1.807) is 18.4 Å². The molecule has 0 atom stereocenters. The van der Waals surface area contributed by atoms with Gasteiger partial charge >= 0.3 is 0 Å². The molecule has 1 N–H and O–H groups in total. The van der Waals surface area contributed by atoms with E-state index in [2.05, 4.69) is 20.5 Å². The van der Waals surface area contributed by atoms with Crippen LogP contribution >= 0.6 is 11.3 Å². The maximum atomic E-state index is 5.41. The number of hydrogen-bond donors (Lipinski definition) is 1. The average Bonchev–Trinajstić information content (AvgIpc) is 2.94. The molecule has 2 heterocycles. The number of para-hydroxylation sites is 1. The largest absolute Gasteiger partial charge is 0.494 e. The van der Waals surface area contributed by atoms with Crippen molar-refractivity contribution in [1.29, 1.82) is 0 Å². The highest BCUT2D eigenvalue weighted by Crippen LogP contribution is 2.35. The van der Waals surface area contributed by atoms with E-state index >= 15 is 0 Å². The van der Waals surface area contributed by atoms with E-state index in [0.717, 1.165) is 44.6 Å². The molecule has 0 saturated carbocycles. The molecule has 0 amide bonds. The van der Waals surface area contributed by atoms with E-state index in [1.165, 1.54) is 0 Å². The molecular formula is C15H16N4OS. The molecule has 0 bridgehead atoms. The number of benzene rings is 1. The Morgan fingerprint density at radius 3 is 2.90 bits per heavy atom. The molecule has 21 heavy (non-hydrogen) atoms. The van der Waals surface area contributed by atoms with Gasteiger partial charge < -0.3 is 10.1 Å².